The lowest BCUT2D eigenvalue weighted by atomic mass is 10.1. The molecule has 0 bridgehead atoms. The van der Waals surface area contributed by atoms with Gasteiger partial charge < -0.3 is 14.8 Å². The lowest BCUT2D eigenvalue weighted by Crippen LogP contribution is -2.36. The van der Waals surface area contributed by atoms with Crippen molar-refractivity contribution in [3.05, 3.63) is 52.0 Å². The first-order valence-electron chi connectivity index (χ1n) is 10.5. The Labute approximate surface area is 199 Å². The number of amides is 1. The molecule has 2 aromatic carbocycles. The second kappa shape index (κ2) is 11.2. The summed E-state index contributed by atoms with van der Waals surface area (Å²) in [5, 5.41) is 2.42. The summed E-state index contributed by atoms with van der Waals surface area (Å²) < 4.78 is 51.1. The van der Waals surface area contributed by atoms with Gasteiger partial charge in [0, 0.05) is 24.1 Å². The molecule has 0 unspecified atom stereocenters. The fraction of sp³-hybridized carbons (Fsp3) is 0.435. The van der Waals surface area contributed by atoms with E-state index in [2.05, 4.69) is 26.1 Å². The number of para-hydroxylation sites is 1. The Kier molecular flexibility index (Phi) is 8.61. The highest BCUT2D eigenvalue weighted by Crippen LogP contribution is 2.35. The summed E-state index contributed by atoms with van der Waals surface area (Å²) in [6.07, 6.45) is -3.68. The van der Waals surface area contributed by atoms with Crippen LogP contribution in [0.1, 0.15) is 17.5 Å². The van der Waals surface area contributed by atoms with Crippen molar-refractivity contribution in [1.29, 1.82) is 0 Å². The number of benzene rings is 2. The number of anilines is 1. The van der Waals surface area contributed by atoms with E-state index in [4.69, 9.17) is 9.47 Å². The normalized spacial score (nSPS) is 15.7. The van der Waals surface area contributed by atoms with Gasteiger partial charge in [-0.15, -0.1) is 0 Å². The van der Waals surface area contributed by atoms with Crippen molar-refractivity contribution in [2.75, 3.05) is 52.3 Å². The monoisotopic (exact) mass is 529 g/mol. The molecule has 1 amide bonds. The quantitative estimate of drug-likeness (QED) is 0.566. The molecule has 3 rings (SSSR count). The maximum absolute atomic E-state index is 13.2. The Bertz CT molecular complexity index is 972. The molecule has 33 heavy (non-hydrogen) atoms. The zero-order valence-corrected chi connectivity index (χ0v) is 20.1. The summed E-state index contributed by atoms with van der Waals surface area (Å²) in [7, 11) is 3.18. The molecular formula is C23H27BrF3N3O3. The smallest absolute Gasteiger partial charge is 0.418 e. The number of rotatable bonds is 7. The Morgan fingerprint density at radius 2 is 1.67 bits per heavy atom. The molecule has 180 valence electrons. The highest BCUT2D eigenvalue weighted by Gasteiger charge is 2.33. The number of alkyl halides is 3. The molecule has 2 aromatic rings. The third-order valence-corrected chi connectivity index (χ3v) is 6.24. The summed E-state index contributed by atoms with van der Waals surface area (Å²) in [5.41, 5.74) is -0.00626. The van der Waals surface area contributed by atoms with Crippen LogP contribution in [0.2, 0.25) is 0 Å². The Morgan fingerprint density at radius 3 is 2.36 bits per heavy atom. The number of ether oxygens (including phenoxy) is 2. The first-order chi connectivity index (χ1) is 15.7. The lowest BCUT2D eigenvalue weighted by Gasteiger charge is -2.23. The maximum atomic E-state index is 13.2. The average Bonchev–Trinajstić information content (AvgIpc) is 2.99. The van der Waals surface area contributed by atoms with Gasteiger partial charge in [-0.05, 0) is 49.3 Å². The van der Waals surface area contributed by atoms with E-state index in [0.29, 0.717) is 31.1 Å². The van der Waals surface area contributed by atoms with Crippen LogP contribution in [0.3, 0.4) is 0 Å². The first kappa shape index (κ1) is 25.3. The van der Waals surface area contributed by atoms with Gasteiger partial charge in [-0.2, -0.15) is 13.2 Å². The first-order valence-corrected chi connectivity index (χ1v) is 11.3. The van der Waals surface area contributed by atoms with E-state index in [0.717, 1.165) is 35.6 Å². The lowest BCUT2D eigenvalue weighted by molar-refractivity contribution is -0.137. The molecule has 1 aliphatic rings. The summed E-state index contributed by atoms with van der Waals surface area (Å²) in [6.45, 7) is 3.64. The predicted octanol–water partition coefficient (Wildman–Crippen LogP) is 4.63. The van der Waals surface area contributed by atoms with Gasteiger partial charge in [-0.25, -0.2) is 0 Å². The van der Waals surface area contributed by atoms with Gasteiger partial charge in [0.2, 0.25) is 5.91 Å². The molecule has 0 atom stereocenters. The van der Waals surface area contributed by atoms with Crippen LogP contribution in [0, 0.1) is 0 Å². The number of hydrogen-bond donors (Lipinski definition) is 1. The van der Waals surface area contributed by atoms with E-state index in [1.54, 1.807) is 14.2 Å². The minimum atomic E-state index is -4.52. The molecule has 0 spiro atoms. The second-order valence-electron chi connectivity index (χ2n) is 7.80. The molecule has 1 fully saturated rings. The van der Waals surface area contributed by atoms with E-state index >= 15 is 0 Å². The van der Waals surface area contributed by atoms with Crippen LogP contribution in [0.25, 0.3) is 0 Å². The summed E-state index contributed by atoms with van der Waals surface area (Å²) in [5.74, 6) is 0.846. The standard InChI is InChI=1S/C23H27BrF3N3O3/c1-32-20-12-16(18(24)13-21(20)33-2)14-29-8-5-9-30(11-10-29)15-22(31)28-19-7-4-3-6-17(19)23(25,26)27/h3-4,6-7,12-13H,5,8-11,14-15H2,1-2H3,(H,28,31). The minimum absolute atomic E-state index is 0.0418. The van der Waals surface area contributed by atoms with Crippen molar-refractivity contribution in [3.8, 4) is 11.5 Å². The van der Waals surface area contributed by atoms with Crippen LogP contribution < -0.4 is 14.8 Å². The zero-order chi connectivity index (χ0) is 24.0. The van der Waals surface area contributed by atoms with E-state index in [1.165, 1.54) is 18.2 Å². The van der Waals surface area contributed by atoms with Crippen molar-refractivity contribution in [1.82, 2.24) is 9.80 Å². The van der Waals surface area contributed by atoms with Crippen molar-refractivity contribution < 1.29 is 27.4 Å². The van der Waals surface area contributed by atoms with Crippen LogP contribution in [0.4, 0.5) is 18.9 Å². The number of nitrogens with zero attached hydrogens (tertiary/aromatic N) is 2. The van der Waals surface area contributed by atoms with E-state index in [1.807, 2.05) is 17.0 Å². The Balaban J connectivity index is 1.57. The molecule has 0 aliphatic carbocycles. The topological polar surface area (TPSA) is 54.0 Å². The molecule has 0 saturated carbocycles. The summed E-state index contributed by atoms with van der Waals surface area (Å²) in [6, 6.07) is 8.83. The molecule has 0 aromatic heterocycles. The van der Waals surface area contributed by atoms with Gasteiger partial charge in [0.15, 0.2) is 11.5 Å². The predicted molar refractivity (Wildman–Crippen MR) is 124 cm³/mol. The molecule has 10 heteroatoms. The number of hydrogen-bond acceptors (Lipinski definition) is 5. The average molecular weight is 530 g/mol. The van der Waals surface area contributed by atoms with Gasteiger partial charge >= 0.3 is 6.18 Å². The van der Waals surface area contributed by atoms with E-state index < -0.39 is 17.6 Å². The fourth-order valence-electron chi connectivity index (χ4n) is 3.83. The zero-order valence-electron chi connectivity index (χ0n) is 18.5. The van der Waals surface area contributed by atoms with Crippen LogP contribution in [-0.4, -0.2) is 62.7 Å². The highest BCUT2D eigenvalue weighted by atomic mass is 79.9. The summed E-state index contributed by atoms with van der Waals surface area (Å²) in [4.78, 5) is 16.7. The van der Waals surface area contributed by atoms with Crippen molar-refractivity contribution >= 4 is 27.5 Å². The van der Waals surface area contributed by atoms with Gasteiger partial charge in [0.25, 0.3) is 0 Å². The highest BCUT2D eigenvalue weighted by molar-refractivity contribution is 9.10. The summed E-state index contributed by atoms with van der Waals surface area (Å²) >= 11 is 3.59. The number of carbonyl (C=O) groups excluding carboxylic acids is 1. The largest absolute Gasteiger partial charge is 0.493 e. The van der Waals surface area contributed by atoms with Crippen molar-refractivity contribution in [2.24, 2.45) is 0 Å². The molecule has 1 heterocycles. The SMILES string of the molecule is COc1cc(Br)c(CN2CCCN(CC(=O)Nc3ccccc3C(F)(F)F)CC2)cc1OC. The van der Waals surface area contributed by atoms with Gasteiger partial charge in [0.05, 0.1) is 32.0 Å². The number of nitrogens with one attached hydrogen (secondary N) is 1. The van der Waals surface area contributed by atoms with E-state index in [9.17, 15) is 18.0 Å². The van der Waals surface area contributed by atoms with Gasteiger partial charge in [-0.3, -0.25) is 14.6 Å². The Morgan fingerprint density at radius 1 is 1.03 bits per heavy atom. The van der Waals surface area contributed by atoms with Crippen LogP contribution in [0.15, 0.2) is 40.9 Å². The molecular weight excluding hydrogens is 503 g/mol. The van der Waals surface area contributed by atoms with Gasteiger partial charge in [0.1, 0.15) is 0 Å². The van der Waals surface area contributed by atoms with Crippen LogP contribution >= 0.6 is 15.9 Å². The van der Waals surface area contributed by atoms with Crippen molar-refractivity contribution in [2.45, 2.75) is 19.1 Å². The van der Waals surface area contributed by atoms with Crippen LogP contribution in [0.5, 0.6) is 11.5 Å². The molecule has 1 saturated heterocycles. The van der Waals surface area contributed by atoms with E-state index in [-0.39, 0.29) is 12.2 Å². The fourth-order valence-corrected chi connectivity index (χ4v) is 4.28. The Hall–Kier alpha value is -2.30. The molecule has 1 N–H and O–H groups in total. The number of methoxy groups -OCH3 is 2. The molecule has 0 radical (unpaired) electrons. The second-order valence-corrected chi connectivity index (χ2v) is 8.65. The number of carbonyl (C=O) groups is 1. The third kappa shape index (κ3) is 6.84. The molecule has 6 nitrogen and oxygen atoms in total. The number of halogens is 4. The minimum Gasteiger partial charge on any atom is -0.493 e. The van der Waals surface area contributed by atoms with Crippen molar-refractivity contribution in [3.63, 3.8) is 0 Å². The van der Waals surface area contributed by atoms with Gasteiger partial charge in [-0.1, -0.05) is 28.1 Å². The third-order valence-electron chi connectivity index (χ3n) is 5.50. The van der Waals surface area contributed by atoms with Crippen LogP contribution in [-0.2, 0) is 17.5 Å². The maximum Gasteiger partial charge on any atom is 0.418 e. The molecule has 1 aliphatic heterocycles.